The minimum atomic E-state index is -0.399. The fourth-order valence-electron chi connectivity index (χ4n) is 1.60. The van der Waals surface area contributed by atoms with E-state index in [0.29, 0.717) is 16.5 Å². The van der Waals surface area contributed by atoms with Crippen molar-refractivity contribution in [1.29, 1.82) is 0 Å². The minimum Gasteiger partial charge on any atom is -0.494 e. The number of hydrogen-bond acceptors (Lipinski definition) is 4. The number of nitroso groups, excluding NO2 is 1. The largest absolute Gasteiger partial charge is 0.494 e. The highest BCUT2D eigenvalue weighted by molar-refractivity contribution is 5.95. The molecule has 0 bridgehead atoms. The Morgan fingerprint density at radius 2 is 1.94 bits per heavy atom. The van der Waals surface area contributed by atoms with E-state index in [9.17, 15) is 15.1 Å². The van der Waals surface area contributed by atoms with Crippen molar-refractivity contribution in [3.05, 3.63) is 23.1 Å². The second kappa shape index (κ2) is 3.78. The smallest absolute Gasteiger partial charge is 0.262 e. The maximum absolute atomic E-state index is 10.1. The fourth-order valence-corrected chi connectivity index (χ4v) is 1.60. The summed E-state index contributed by atoms with van der Waals surface area (Å²) in [6, 6.07) is 4.63. The van der Waals surface area contributed by atoms with Gasteiger partial charge in [0.15, 0.2) is 0 Å². The van der Waals surface area contributed by atoms with Crippen molar-refractivity contribution in [2.75, 3.05) is 0 Å². The van der Waals surface area contributed by atoms with Gasteiger partial charge in [0.05, 0.1) is 5.69 Å². The van der Waals surface area contributed by atoms with Gasteiger partial charge in [-0.1, -0.05) is 0 Å². The minimum absolute atomic E-state index is 0.0467. The predicted molar refractivity (Wildman–Crippen MR) is 63.3 cm³/mol. The van der Waals surface area contributed by atoms with E-state index in [2.05, 4.69) is 10.2 Å². The number of fused-ring (bicyclic) bond motifs is 1. The Hall–Kier alpha value is -2.57. The molecule has 2 rings (SSSR count). The maximum Gasteiger partial charge on any atom is 0.262 e. The van der Waals surface area contributed by atoms with Crippen molar-refractivity contribution in [1.82, 2.24) is 4.57 Å². The molecule has 0 aliphatic heterocycles. The summed E-state index contributed by atoms with van der Waals surface area (Å²) >= 11 is 0. The van der Waals surface area contributed by atoms with Crippen LogP contribution >= 0.6 is 0 Å². The number of aromatic nitrogens is 1. The molecule has 2 aromatic rings. The van der Waals surface area contributed by atoms with Gasteiger partial charge in [-0.05, 0) is 18.2 Å². The first-order valence-electron chi connectivity index (χ1n) is 4.72. The third-order valence-electron chi connectivity index (χ3n) is 2.46. The van der Waals surface area contributed by atoms with Gasteiger partial charge in [0.25, 0.3) is 5.96 Å². The summed E-state index contributed by atoms with van der Waals surface area (Å²) in [6.45, 7) is 0. The standard InChI is InChI=1S/C10H10N4O3/c1-14-8(15)6-3-2-5(12-10(11)13-17)4-7(6)9(14)16/h2-4,15-16H,1H3,(H2,11,12). The summed E-state index contributed by atoms with van der Waals surface area (Å²) < 4.78 is 1.24. The van der Waals surface area contributed by atoms with Crippen LogP contribution in [0.3, 0.4) is 0 Å². The van der Waals surface area contributed by atoms with Gasteiger partial charge in [0.2, 0.25) is 11.8 Å². The van der Waals surface area contributed by atoms with Crippen LogP contribution in [0.5, 0.6) is 11.8 Å². The van der Waals surface area contributed by atoms with Crippen LogP contribution in [0.2, 0.25) is 0 Å². The van der Waals surface area contributed by atoms with Crippen LogP contribution in [0.25, 0.3) is 10.8 Å². The van der Waals surface area contributed by atoms with E-state index in [1.807, 2.05) is 0 Å². The highest BCUT2D eigenvalue weighted by atomic mass is 16.3. The molecule has 1 heterocycles. The molecule has 4 N–H and O–H groups in total. The van der Waals surface area contributed by atoms with Crippen LogP contribution in [0.4, 0.5) is 5.69 Å². The van der Waals surface area contributed by atoms with Gasteiger partial charge in [-0.15, -0.1) is 4.91 Å². The van der Waals surface area contributed by atoms with Crippen molar-refractivity contribution < 1.29 is 10.2 Å². The molecular formula is C10H10N4O3. The Kier molecular flexibility index (Phi) is 2.43. The number of aromatic hydroxyl groups is 2. The molecule has 0 saturated heterocycles. The second-order valence-corrected chi connectivity index (χ2v) is 3.50. The Bertz CT molecular complexity index is 630. The molecule has 0 unspecified atom stereocenters. The van der Waals surface area contributed by atoms with E-state index >= 15 is 0 Å². The fraction of sp³-hybridized carbons (Fsp3) is 0.100. The lowest BCUT2D eigenvalue weighted by molar-refractivity contribution is 0.391. The van der Waals surface area contributed by atoms with Gasteiger partial charge >= 0.3 is 0 Å². The molecule has 0 fully saturated rings. The number of nitrogens with two attached hydrogens (primary N) is 1. The van der Waals surface area contributed by atoms with Gasteiger partial charge in [-0.2, -0.15) is 0 Å². The van der Waals surface area contributed by atoms with Crippen molar-refractivity contribution in [2.24, 2.45) is 23.0 Å². The molecule has 0 radical (unpaired) electrons. The van der Waals surface area contributed by atoms with Crippen LogP contribution in [0.15, 0.2) is 28.4 Å². The van der Waals surface area contributed by atoms with Crippen LogP contribution in [0.1, 0.15) is 0 Å². The Morgan fingerprint density at radius 1 is 1.29 bits per heavy atom. The Labute approximate surface area is 95.8 Å². The van der Waals surface area contributed by atoms with E-state index in [1.165, 1.54) is 17.7 Å². The number of rotatable bonds is 1. The van der Waals surface area contributed by atoms with Crippen molar-refractivity contribution in [3.8, 4) is 11.8 Å². The zero-order chi connectivity index (χ0) is 12.6. The Morgan fingerprint density at radius 3 is 2.59 bits per heavy atom. The molecule has 1 aromatic carbocycles. The molecule has 0 amide bonds. The lowest BCUT2D eigenvalue weighted by Gasteiger charge is -1.95. The van der Waals surface area contributed by atoms with E-state index < -0.39 is 5.96 Å². The van der Waals surface area contributed by atoms with Gasteiger partial charge in [-0.25, -0.2) is 4.99 Å². The number of hydrogen-bond donors (Lipinski definition) is 3. The highest BCUT2D eigenvalue weighted by Crippen LogP contribution is 2.36. The molecule has 0 atom stereocenters. The first-order valence-corrected chi connectivity index (χ1v) is 4.72. The number of benzene rings is 1. The first-order chi connectivity index (χ1) is 8.04. The quantitative estimate of drug-likeness (QED) is 0.392. The highest BCUT2D eigenvalue weighted by Gasteiger charge is 2.13. The van der Waals surface area contributed by atoms with Crippen molar-refractivity contribution >= 4 is 22.4 Å². The van der Waals surface area contributed by atoms with Gasteiger partial charge in [0, 0.05) is 23.0 Å². The van der Waals surface area contributed by atoms with E-state index in [-0.39, 0.29) is 11.8 Å². The summed E-state index contributed by atoms with van der Waals surface area (Å²) in [5.74, 6) is -0.536. The van der Waals surface area contributed by atoms with E-state index in [1.54, 1.807) is 12.1 Å². The van der Waals surface area contributed by atoms with Crippen LogP contribution in [-0.4, -0.2) is 20.7 Å². The molecule has 0 spiro atoms. The van der Waals surface area contributed by atoms with Crippen molar-refractivity contribution in [2.45, 2.75) is 0 Å². The lowest BCUT2D eigenvalue weighted by atomic mass is 10.2. The van der Waals surface area contributed by atoms with Crippen LogP contribution in [0, 0.1) is 4.91 Å². The van der Waals surface area contributed by atoms with E-state index in [4.69, 9.17) is 5.73 Å². The predicted octanol–water partition coefficient (Wildman–Crippen LogP) is 1.30. The molecule has 0 saturated carbocycles. The summed E-state index contributed by atoms with van der Waals surface area (Å²) in [4.78, 5) is 13.8. The van der Waals surface area contributed by atoms with Crippen LogP contribution < -0.4 is 5.73 Å². The van der Waals surface area contributed by atoms with Gasteiger partial charge < -0.3 is 15.9 Å². The summed E-state index contributed by atoms with van der Waals surface area (Å²) in [6.07, 6.45) is 0. The molecule has 0 aliphatic rings. The zero-order valence-corrected chi connectivity index (χ0v) is 8.95. The first kappa shape index (κ1) is 10.9. The van der Waals surface area contributed by atoms with Crippen molar-refractivity contribution in [3.63, 3.8) is 0 Å². The lowest BCUT2D eigenvalue weighted by Crippen LogP contribution is -2.05. The number of guanidine groups is 1. The average Bonchev–Trinajstić information content (AvgIpc) is 2.54. The number of aliphatic imine (C=N–C) groups is 1. The van der Waals surface area contributed by atoms with Crippen LogP contribution in [-0.2, 0) is 7.05 Å². The average molecular weight is 234 g/mol. The summed E-state index contributed by atoms with van der Waals surface area (Å²) in [5.41, 5.74) is 5.55. The molecule has 0 aliphatic carbocycles. The van der Waals surface area contributed by atoms with Gasteiger partial charge in [0.1, 0.15) is 0 Å². The molecule has 1 aromatic heterocycles. The van der Waals surface area contributed by atoms with Gasteiger partial charge in [-0.3, -0.25) is 4.57 Å². The SMILES string of the molecule is Cn1c(O)c2ccc(N=C(N)N=O)cc2c1O. The summed E-state index contributed by atoms with van der Waals surface area (Å²) in [7, 11) is 1.52. The molecule has 17 heavy (non-hydrogen) atoms. The van der Waals surface area contributed by atoms with E-state index in [0.717, 1.165) is 0 Å². The molecule has 88 valence electrons. The number of nitrogens with zero attached hydrogens (tertiary/aromatic N) is 3. The second-order valence-electron chi connectivity index (χ2n) is 3.50. The maximum atomic E-state index is 10.1. The summed E-state index contributed by atoms with van der Waals surface area (Å²) in [5, 5.41) is 22.8. The normalized spacial score (nSPS) is 11.9. The monoisotopic (exact) mass is 234 g/mol. The molecule has 7 nitrogen and oxygen atoms in total. The third kappa shape index (κ3) is 1.67. The molecule has 7 heteroatoms. The Balaban J connectivity index is 2.66. The third-order valence-corrected chi connectivity index (χ3v) is 2.46. The molecular weight excluding hydrogens is 224 g/mol. The topological polar surface area (TPSA) is 113 Å². The zero-order valence-electron chi connectivity index (χ0n) is 8.95.